The Bertz CT molecular complexity index is 869. The zero-order valence-electron chi connectivity index (χ0n) is 15.1. The molecule has 0 aliphatic heterocycles. The van der Waals surface area contributed by atoms with Crippen LogP contribution in [-0.2, 0) is 0 Å². The molecule has 0 bridgehead atoms. The molecule has 0 aliphatic carbocycles. The van der Waals surface area contributed by atoms with E-state index in [1.54, 1.807) is 43.3 Å². The summed E-state index contributed by atoms with van der Waals surface area (Å²) < 4.78 is 0. The summed E-state index contributed by atoms with van der Waals surface area (Å²) >= 11 is 0. The normalized spacial score (nSPS) is 10.9. The quantitative estimate of drug-likeness (QED) is 0.645. The molecule has 2 N–H and O–H groups in total. The summed E-state index contributed by atoms with van der Waals surface area (Å²) in [5.74, 6) is -0.983. The third kappa shape index (κ3) is 4.44. The van der Waals surface area contributed by atoms with Crippen molar-refractivity contribution in [1.82, 2.24) is 5.32 Å². The monoisotopic (exact) mass is 355 g/mol. The number of benzene rings is 2. The molecule has 0 aliphatic rings. The van der Waals surface area contributed by atoms with Gasteiger partial charge >= 0.3 is 0 Å². The van der Waals surface area contributed by atoms with Crippen LogP contribution in [0.1, 0.15) is 47.1 Å². The van der Waals surface area contributed by atoms with Crippen LogP contribution in [0.5, 0.6) is 0 Å². The van der Waals surface area contributed by atoms with Crippen LogP contribution in [-0.4, -0.2) is 22.3 Å². The highest BCUT2D eigenvalue weighted by Crippen LogP contribution is 2.25. The molecule has 0 spiro atoms. The van der Waals surface area contributed by atoms with Crippen molar-refractivity contribution in [2.24, 2.45) is 0 Å². The van der Waals surface area contributed by atoms with E-state index < -0.39 is 16.4 Å². The fourth-order valence-electron chi connectivity index (χ4n) is 2.47. The number of rotatable bonds is 4. The molecule has 136 valence electrons. The van der Waals surface area contributed by atoms with Crippen LogP contribution in [0.4, 0.5) is 11.4 Å². The lowest BCUT2D eigenvalue weighted by atomic mass is 10.1. The van der Waals surface area contributed by atoms with Gasteiger partial charge in [-0.2, -0.15) is 0 Å². The van der Waals surface area contributed by atoms with E-state index in [-0.39, 0.29) is 28.4 Å². The first-order valence-corrected chi connectivity index (χ1v) is 8.07. The summed E-state index contributed by atoms with van der Waals surface area (Å²) in [6, 6.07) is 11.1. The fraction of sp³-hybridized carbons (Fsp3) is 0.263. The number of hydrogen-bond donors (Lipinski definition) is 2. The third-order valence-electron chi connectivity index (χ3n) is 3.57. The third-order valence-corrected chi connectivity index (χ3v) is 3.57. The van der Waals surface area contributed by atoms with E-state index in [0.29, 0.717) is 5.56 Å². The second-order valence-corrected chi connectivity index (χ2v) is 6.93. The number of para-hydroxylation sites is 2. The number of nitro benzene ring substituents is 1. The van der Waals surface area contributed by atoms with E-state index in [2.05, 4.69) is 10.6 Å². The molecular formula is C19H21N3O4. The molecule has 0 unspecified atom stereocenters. The van der Waals surface area contributed by atoms with Gasteiger partial charge in [-0.3, -0.25) is 19.7 Å². The van der Waals surface area contributed by atoms with Crippen molar-refractivity contribution in [3.8, 4) is 0 Å². The maximum atomic E-state index is 12.6. The number of carbonyl (C=O) groups is 2. The Kier molecular flexibility index (Phi) is 5.40. The summed E-state index contributed by atoms with van der Waals surface area (Å²) in [5.41, 5.74) is 0.217. The summed E-state index contributed by atoms with van der Waals surface area (Å²) in [7, 11) is 0. The molecule has 26 heavy (non-hydrogen) atoms. The SMILES string of the molecule is Cc1cccc(C(=O)Nc2ccccc2C(=O)NC(C)(C)C)c1[N+](=O)[O-]. The average Bonchev–Trinajstić information content (AvgIpc) is 2.53. The zero-order chi connectivity index (χ0) is 19.5. The largest absolute Gasteiger partial charge is 0.347 e. The van der Waals surface area contributed by atoms with Gasteiger partial charge in [-0.15, -0.1) is 0 Å². The Labute approximate surface area is 151 Å². The minimum Gasteiger partial charge on any atom is -0.347 e. The first-order chi connectivity index (χ1) is 12.1. The Morgan fingerprint density at radius 3 is 2.19 bits per heavy atom. The van der Waals surface area contributed by atoms with Gasteiger partial charge in [0.1, 0.15) is 5.56 Å². The Morgan fingerprint density at radius 2 is 1.58 bits per heavy atom. The van der Waals surface area contributed by atoms with Crippen LogP contribution in [0.25, 0.3) is 0 Å². The van der Waals surface area contributed by atoms with Crippen molar-refractivity contribution in [2.75, 3.05) is 5.32 Å². The second kappa shape index (κ2) is 7.35. The number of aryl methyl sites for hydroxylation is 1. The highest BCUT2D eigenvalue weighted by Gasteiger charge is 2.24. The topological polar surface area (TPSA) is 101 Å². The number of hydrogen-bond acceptors (Lipinski definition) is 4. The molecule has 0 heterocycles. The molecule has 0 atom stereocenters. The average molecular weight is 355 g/mol. The van der Waals surface area contributed by atoms with Crippen molar-refractivity contribution in [1.29, 1.82) is 0 Å². The van der Waals surface area contributed by atoms with Gasteiger partial charge in [-0.05, 0) is 45.9 Å². The molecule has 2 aromatic carbocycles. The van der Waals surface area contributed by atoms with Crippen molar-refractivity contribution < 1.29 is 14.5 Å². The van der Waals surface area contributed by atoms with Crippen LogP contribution < -0.4 is 10.6 Å². The Morgan fingerprint density at radius 1 is 0.962 bits per heavy atom. The minimum absolute atomic E-state index is 0.0546. The van der Waals surface area contributed by atoms with Crippen LogP contribution in [0, 0.1) is 17.0 Å². The number of anilines is 1. The second-order valence-electron chi connectivity index (χ2n) is 6.93. The molecular weight excluding hydrogens is 334 g/mol. The lowest BCUT2D eigenvalue weighted by molar-refractivity contribution is -0.385. The van der Waals surface area contributed by atoms with Gasteiger partial charge in [0.05, 0.1) is 16.2 Å². The van der Waals surface area contributed by atoms with Crippen LogP contribution in [0.15, 0.2) is 42.5 Å². The maximum Gasteiger partial charge on any atom is 0.285 e. The zero-order valence-corrected chi connectivity index (χ0v) is 15.1. The number of nitrogens with zero attached hydrogens (tertiary/aromatic N) is 1. The lowest BCUT2D eigenvalue weighted by Crippen LogP contribution is -2.40. The van der Waals surface area contributed by atoms with Gasteiger partial charge in [0, 0.05) is 11.1 Å². The minimum atomic E-state index is -0.642. The van der Waals surface area contributed by atoms with Gasteiger partial charge < -0.3 is 10.6 Å². The molecule has 0 aromatic heterocycles. The molecule has 0 fully saturated rings. The summed E-state index contributed by atoms with van der Waals surface area (Å²) in [6.07, 6.45) is 0. The molecule has 7 nitrogen and oxygen atoms in total. The summed E-state index contributed by atoms with van der Waals surface area (Å²) in [4.78, 5) is 35.8. The van der Waals surface area contributed by atoms with Gasteiger partial charge in [-0.25, -0.2) is 0 Å². The van der Waals surface area contributed by atoms with Crippen LogP contribution in [0.2, 0.25) is 0 Å². The molecule has 7 heteroatoms. The number of carbonyl (C=O) groups excluding carboxylic acids is 2. The Hall–Kier alpha value is -3.22. The van der Waals surface area contributed by atoms with Crippen molar-refractivity contribution in [2.45, 2.75) is 33.2 Å². The van der Waals surface area contributed by atoms with E-state index in [9.17, 15) is 19.7 Å². The molecule has 0 radical (unpaired) electrons. The molecule has 0 saturated carbocycles. The first-order valence-electron chi connectivity index (χ1n) is 8.07. The first kappa shape index (κ1) is 19.1. The summed E-state index contributed by atoms with van der Waals surface area (Å²) in [6.45, 7) is 7.12. The van der Waals surface area contributed by atoms with E-state index in [0.717, 1.165) is 0 Å². The maximum absolute atomic E-state index is 12.6. The number of amides is 2. The van der Waals surface area contributed by atoms with E-state index >= 15 is 0 Å². The Balaban J connectivity index is 2.36. The van der Waals surface area contributed by atoms with Crippen molar-refractivity contribution in [3.05, 3.63) is 69.3 Å². The highest BCUT2D eigenvalue weighted by atomic mass is 16.6. The molecule has 2 aromatic rings. The van der Waals surface area contributed by atoms with E-state index in [1.165, 1.54) is 6.07 Å². The van der Waals surface area contributed by atoms with Gasteiger partial charge in [0.2, 0.25) is 0 Å². The predicted octanol–water partition coefficient (Wildman–Crippen LogP) is 3.68. The predicted molar refractivity (Wildman–Crippen MR) is 99.4 cm³/mol. The van der Waals surface area contributed by atoms with E-state index in [4.69, 9.17) is 0 Å². The van der Waals surface area contributed by atoms with Crippen molar-refractivity contribution >= 4 is 23.2 Å². The van der Waals surface area contributed by atoms with Gasteiger partial charge in [0.15, 0.2) is 0 Å². The summed E-state index contributed by atoms with van der Waals surface area (Å²) in [5, 5.41) is 16.7. The number of nitrogens with one attached hydrogen (secondary N) is 2. The van der Waals surface area contributed by atoms with Gasteiger partial charge in [-0.1, -0.05) is 24.3 Å². The van der Waals surface area contributed by atoms with Crippen LogP contribution in [0.3, 0.4) is 0 Å². The van der Waals surface area contributed by atoms with E-state index in [1.807, 2.05) is 20.8 Å². The smallest absolute Gasteiger partial charge is 0.285 e. The van der Waals surface area contributed by atoms with Gasteiger partial charge in [0.25, 0.3) is 17.5 Å². The highest BCUT2D eigenvalue weighted by molar-refractivity contribution is 6.11. The number of nitro groups is 1. The van der Waals surface area contributed by atoms with Crippen molar-refractivity contribution in [3.63, 3.8) is 0 Å². The lowest BCUT2D eigenvalue weighted by Gasteiger charge is -2.21. The standard InChI is InChI=1S/C19H21N3O4/c1-12-8-7-10-14(16(12)22(25)26)17(23)20-15-11-6-5-9-13(15)18(24)21-19(2,3)4/h5-11H,1-4H3,(H,20,23)(H,21,24). The molecule has 2 rings (SSSR count). The molecule has 2 amide bonds. The fourth-order valence-corrected chi connectivity index (χ4v) is 2.47. The van der Waals surface area contributed by atoms with Crippen LogP contribution >= 0.6 is 0 Å². The molecule has 0 saturated heterocycles.